The van der Waals surface area contributed by atoms with Gasteiger partial charge in [0.25, 0.3) is 0 Å². The van der Waals surface area contributed by atoms with Crippen LogP contribution in [0.15, 0.2) is 48.5 Å². The van der Waals surface area contributed by atoms with Crippen LogP contribution in [-0.4, -0.2) is 6.03 Å². The van der Waals surface area contributed by atoms with E-state index in [-0.39, 0.29) is 5.69 Å². The third-order valence-electron chi connectivity index (χ3n) is 2.63. The Hall–Kier alpha value is -2.70. The molecule has 21 heavy (non-hydrogen) atoms. The standard InChI is InChI=1S/C14H12F3N3O/c15-14(16,17)11-6-1-2-7-12(11)20-13(21)19-10-5-3-4-9(18)8-10/h1-8H,18H2,(H2,19,20,21). The van der Waals surface area contributed by atoms with Gasteiger partial charge in [-0.05, 0) is 30.3 Å². The quantitative estimate of drug-likeness (QED) is 0.735. The number of halogens is 3. The number of hydrogen-bond acceptors (Lipinski definition) is 2. The van der Waals surface area contributed by atoms with Crippen LogP contribution in [0.4, 0.5) is 35.0 Å². The number of alkyl halides is 3. The Balaban J connectivity index is 2.14. The van der Waals surface area contributed by atoms with Gasteiger partial charge in [0.05, 0.1) is 11.3 Å². The first-order valence-corrected chi connectivity index (χ1v) is 5.96. The Morgan fingerprint density at radius 2 is 1.71 bits per heavy atom. The zero-order valence-electron chi connectivity index (χ0n) is 10.7. The Labute approximate surface area is 118 Å². The summed E-state index contributed by atoms with van der Waals surface area (Å²) >= 11 is 0. The van der Waals surface area contributed by atoms with Gasteiger partial charge in [0.1, 0.15) is 0 Å². The maximum absolute atomic E-state index is 12.8. The third-order valence-corrected chi connectivity index (χ3v) is 2.63. The molecule has 0 aliphatic carbocycles. The van der Waals surface area contributed by atoms with Crippen LogP contribution >= 0.6 is 0 Å². The Morgan fingerprint density at radius 3 is 2.38 bits per heavy atom. The van der Waals surface area contributed by atoms with Gasteiger partial charge in [0.2, 0.25) is 0 Å². The number of nitrogens with two attached hydrogens (primary N) is 1. The molecule has 0 aliphatic heterocycles. The highest BCUT2D eigenvalue weighted by molar-refractivity contribution is 6.00. The van der Waals surface area contributed by atoms with Crippen LogP contribution in [0.5, 0.6) is 0 Å². The van der Waals surface area contributed by atoms with E-state index in [0.29, 0.717) is 11.4 Å². The largest absolute Gasteiger partial charge is 0.418 e. The van der Waals surface area contributed by atoms with Crippen LogP contribution in [0.2, 0.25) is 0 Å². The predicted molar refractivity (Wildman–Crippen MR) is 74.9 cm³/mol. The number of para-hydroxylation sites is 1. The van der Waals surface area contributed by atoms with Crippen molar-refractivity contribution in [3.05, 3.63) is 54.1 Å². The van der Waals surface area contributed by atoms with Gasteiger partial charge in [-0.25, -0.2) is 4.79 Å². The van der Waals surface area contributed by atoms with E-state index in [1.54, 1.807) is 18.2 Å². The number of nitrogens with one attached hydrogen (secondary N) is 2. The summed E-state index contributed by atoms with van der Waals surface area (Å²) in [5.74, 6) is 0. The molecule has 0 saturated heterocycles. The number of amides is 2. The normalized spacial score (nSPS) is 11.0. The van der Waals surface area contributed by atoms with E-state index in [4.69, 9.17) is 5.73 Å². The molecule has 7 heteroatoms. The summed E-state index contributed by atoms with van der Waals surface area (Å²) in [5, 5.41) is 4.59. The Morgan fingerprint density at radius 1 is 1.00 bits per heavy atom. The van der Waals surface area contributed by atoms with Gasteiger partial charge in [-0.15, -0.1) is 0 Å². The van der Waals surface area contributed by atoms with Crippen molar-refractivity contribution in [2.75, 3.05) is 16.4 Å². The Bertz CT molecular complexity index is 656. The maximum atomic E-state index is 12.8. The number of anilines is 3. The highest BCUT2D eigenvalue weighted by atomic mass is 19.4. The Kier molecular flexibility index (Phi) is 4.02. The number of carbonyl (C=O) groups is 1. The van der Waals surface area contributed by atoms with E-state index in [1.807, 2.05) is 0 Å². The third kappa shape index (κ3) is 3.88. The molecule has 0 heterocycles. The number of hydrogen-bond donors (Lipinski definition) is 3. The molecule has 2 rings (SSSR count). The zero-order valence-corrected chi connectivity index (χ0v) is 10.7. The second-order valence-corrected chi connectivity index (χ2v) is 4.25. The van der Waals surface area contributed by atoms with E-state index in [9.17, 15) is 18.0 Å². The first kappa shape index (κ1) is 14.7. The van der Waals surface area contributed by atoms with Crippen LogP contribution in [0, 0.1) is 0 Å². The van der Waals surface area contributed by atoms with Gasteiger partial charge in [0.15, 0.2) is 0 Å². The van der Waals surface area contributed by atoms with E-state index in [0.717, 1.165) is 6.07 Å². The summed E-state index contributed by atoms with van der Waals surface area (Å²) in [6, 6.07) is 10.3. The van der Waals surface area contributed by atoms with Crippen LogP contribution in [0.3, 0.4) is 0 Å². The molecular formula is C14H12F3N3O. The number of urea groups is 1. The van der Waals surface area contributed by atoms with Crippen molar-refractivity contribution in [1.29, 1.82) is 0 Å². The average molecular weight is 295 g/mol. The highest BCUT2D eigenvalue weighted by Gasteiger charge is 2.33. The molecule has 0 fully saturated rings. The molecular weight excluding hydrogens is 283 g/mol. The fourth-order valence-corrected chi connectivity index (χ4v) is 1.74. The molecule has 0 atom stereocenters. The summed E-state index contributed by atoms with van der Waals surface area (Å²) in [7, 11) is 0. The topological polar surface area (TPSA) is 67.1 Å². The van der Waals surface area contributed by atoms with Gasteiger partial charge < -0.3 is 16.4 Å². The van der Waals surface area contributed by atoms with Gasteiger partial charge in [0, 0.05) is 11.4 Å². The number of benzene rings is 2. The molecule has 2 amide bonds. The summed E-state index contributed by atoms with van der Waals surface area (Å²) in [6.45, 7) is 0. The maximum Gasteiger partial charge on any atom is 0.418 e. The molecule has 4 N–H and O–H groups in total. The molecule has 0 radical (unpaired) electrons. The molecule has 2 aromatic carbocycles. The van der Waals surface area contributed by atoms with Crippen LogP contribution in [-0.2, 0) is 6.18 Å². The van der Waals surface area contributed by atoms with Crippen molar-refractivity contribution >= 4 is 23.1 Å². The molecule has 0 unspecified atom stereocenters. The minimum absolute atomic E-state index is 0.314. The molecule has 4 nitrogen and oxygen atoms in total. The first-order valence-electron chi connectivity index (χ1n) is 5.96. The SMILES string of the molecule is Nc1cccc(NC(=O)Nc2ccccc2C(F)(F)F)c1. The van der Waals surface area contributed by atoms with Crippen LogP contribution in [0.25, 0.3) is 0 Å². The molecule has 0 spiro atoms. The highest BCUT2D eigenvalue weighted by Crippen LogP contribution is 2.34. The first-order chi connectivity index (χ1) is 9.86. The monoisotopic (exact) mass is 295 g/mol. The van der Waals surface area contributed by atoms with Crippen molar-refractivity contribution in [1.82, 2.24) is 0 Å². The number of rotatable bonds is 2. The van der Waals surface area contributed by atoms with Gasteiger partial charge >= 0.3 is 12.2 Å². The molecule has 110 valence electrons. The van der Waals surface area contributed by atoms with E-state index >= 15 is 0 Å². The van der Waals surface area contributed by atoms with Crippen molar-refractivity contribution in [2.45, 2.75) is 6.18 Å². The number of carbonyl (C=O) groups excluding carboxylic acids is 1. The minimum atomic E-state index is -4.54. The fraction of sp³-hybridized carbons (Fsp3) is 0.0714. The summed E-state index contributed by atoms with van der Waals surface area (Å²) in [5.41, 5.74) is 5.14. The second kappa shape index (κ2) is 5.74. The number of nitrogen functional groups attached to an aromatic ring is 1. The van der Waals surface area contributed by atoms with Crippen LogP contribution in [0.1, 0.15) is 5.56 Å². The molecule has 2 aromatic rings. The lowest BCUT2D eigenvalue weighted by atomic mass is 10.1. The summed E-state index contributed by atoms with van der Waals surface area (Å²) in [6.07, 6.45) is -4.54. The lowest BCUT2D eigenvalue weighted by Gasteiger charge is -2.14. The molecule has 0 bridgehead atoms. The van der Waals surface area contributed by atoms with Crippen molar-refractivity contribution in [2.24, 2.45) is 0 Å². The molecule has 0 saturated carbocycles. The van der Waals surface area contributed by atoms with Gasteiger partial charge in [-0.3, -0.25) is 0 Å². The summed E-state index contributed by atoms with van der Waals surface area (Å²) in [4.78, 5) is 11.7. The summed E-state index contributed by atoms with van der Waals surface area (Å²) < 4.78 is 38.4. The smallest absolute Gasteiger partial charge is 0.399 e. The minimum Gasteiger partial charge on any atom is -0.399 e. The van der Waals surface area contributed by atoms with E-state index in [1.165, 1.54) is 24.3 Å². The van der Waals surface area contributed by atoms with Gasteiger partial charge in [-0.2, -0.15) is 13.2 Å². The second-order valence-electron chi connectivity index (χ2n) is 4.25. The van der Waals surface area contributed by atoms with Crippen molar-refractivity contribution in [3.63, 3.8) is 0 Å². The lowest BCUT2D eigenvalue weighted by molar-refractivity contribution is -0.136. The average Bonchev–Trinajstić information content (AvgIpc) is 2.37. The zero-order chi connectivity index (χ0) is 15.5. The lowest BCUT2D eigenvalue weighted by Crippen LogP contribution is -2.21. The molecule has 0 aliphatic rings. The van der Waals surface area contributed by atoms with Crippen molar-refractivity contribution in [3.8, 4) is 0 Å². The van der Waals surface area contributed by atoms with E-state index in [2.05, 4.69) is 10.6 Å². The van der Waals surface area contributed by atoms with Gasteiger partial charge in [-0.1, -0.05) is 18.2 Å². The van der Waals surface area contributed by atoms with E-state index < -0.39 is 17.8 Å². The molecule has 0 aromatic heterocycles. The fourth-order valence-electron chi connectivity index (χ4n) is 1.74. The van der Waals surface area contributed by atoms with Crippen molar-refractivity contribution < 1.29 is 18.0 Å². The predicted octanol–water partition coefficient (Wildman–Crippen LogP) is 3.93. The van der Waals surface area contributed by atoms with Crippen LogP contribution < -0.4 is 16.4 Å².